The maximum absolute atomic E-state index is 12.6. The molecule has 0 aliphatic carbocycles. The Bertz CT molecular complexity index is 1100. The number of carbonyl (C=O) groups is 1. The maximum atomic E-state index is 12.6. The van der Waals surface area contributed by atoms with Crippen LogP contribution in [0.3, 0.4) is 0 Å². The smallest absolute Gasteiger partial charge is 0.221 e. The first kappa shape index (κ1) is 24.3. The molecular weight excluding hydrogens is 440 g/mol. The van der Waals surface area contributed by atoms with E-state index in [1.807, 2.05) is 36.6 Å². The van der Waals surface area contributed by atoms with Crippen molar-refractivity contribution in [1.82, 2.24) is 20.1 Å². The van der Waals surface area contributed by atoms with Crippen LogP contribution in [-0.4, -0.2) is 20.7 Å². The normalized spacial score (nSPS) is 12.6. The molecule has 5 nitrogen and oxygen atoms in total. The summed E-state index contributed by atoms with van der Waals surface area (Å²) in [6, 6.07) is 13.9. The minimum Gasteiger partial charge on any atom is -0.346 e. The molecule has 1 unspecified atom stereocenters. The Kier molecular flexibility index (Phi) is 7.67. The van der Waals surface area contributed by atoms with E-state index < -0.39 is 0 Å². The molecule has 0 bridgehead atoms. The van der Waals surface area contributed by atoms with E-state index in [-0.39, 0.29) is 17.4 Å². The highest BCUT2D eigenvalue weighted by molar-refractivity contribution is 7.98. The number of nitrogens with one attached hydrogen (secondary N) is 1. The summed E-state index contributed by atoms with van der Waals surface area (Å²) < 4.78 is 2.02. The summed E-state index contributed by atoms with van der Waals surface area (Å²) >= 11 is 7.95. The second-order valence-corrected chi connectivity index (χ2v) is 10.8. The third kappa shape index (κ3) is 6.36. The predicted octanol–water partition coefficient (Wildman–Crippen LogP) is 6.44. The van der Waals surface area contributed by atoms with Crippen molar-refractivity contribution in [2.24, 2.45) is 5.41 Å². The molecule has 1 heterocycles. The van der Waals surface area contributed by atoms with Crippen LogP contribution in [-0.2, 0) is 10.5 Å². The first-order valence-electron chi connectivity index (χ1n) is 10.7. The minimum atomic E-state index is -0.302. The van der Waals surface area contributed by atoms with Gasteiger partial charge in [-0.25, -0.2) is 0 Å². The van der Waals surface area contributed by atoms with Gasteiger partial charge in [-0.1, -0.05) is 80.0 Å². The summed E-state index contributed by atoms with van der Waals surface area (Å²) in [5, 5.41) is 13.5. The SMILES string of the molecule is Cc1cccc(CSc2nnc(C(C)NC(=O)CC(C)(C)C)n2-c2cc(Cl)ccc2C)c1. The van der Waals surface area contributed by atoms with Gasteiger partial charge in [0.15, 0.2) is 11.0 Å². The average molecular weight is 471 g/mol. The highest BCUT2D eigenvalue weighted by Crippen LogP contribution is 2.30. The van der Waals surface area contributed by atoms with Gasteiger partial charge in [0.05, 0.1) is 11.7 Å². The van der Waals surface area contributed by atoms with E-state index in [4.69, 9.17) is 11.6 Å². The molecule has 0 saturated heterocycles. The molecule has 7 heteroatoms. The summed E-state index contributed by atoms with van der Waals surface area (Å²) in [6.07, 6.45) is 0.441. The molecule has 1 N–H and O–H groups in total. The van der Waals surface area contributed by atoms with Gasteiger partial charge in [0, 0.05) is 17.2 Å². The summed E-state index contributed by atoms with van der Waals surface area (Å²) in [6.45, 7) is 12.2. The Morgan fingerprint density at radius 2 is 1.91 bits per heavy atom. The van der Waals surface area contributed by atoms with Crippen molar-refractivity contribution in [3.63, 3.8) is 0 Å². The van der Waals surface area contributed by atoms with Crippen LogP contribution in [0, 0.1) is 19.3 Å². The molecule has 2 aromatic carbocycles. The second kappa shape index (κ2) is 10.1. The van der Waals surface area contributed by atoms with Crippen LogP contribution in [0.25, 0.3) is 5.69 Å². The van der Waals surface area contributed by atoms with Crippen LogP contribution < -0.4 is 5.32 Å². The molecule has 3 rings (SSSR count). The number of benzene rings is 2. The highest BCUT2D eigenvalue weighted by atomic mass is 35.5. The van der Waals surface area contributed by atoms with E-state index in [2.05, 4.69) is 67.5 Å². The lowest BCUT2D eigenvalue weighted by Crippen LogP contribution is -2.31. The third-order valence-corrected chi connectivity index (χ3v) is 6.21. The summed E-state index contributed by atoms with van der Waals surface area (Å²) in [5.41, 5.74) is 4.34. The lowest BCUT2D eigenvalue weighted by Gasteiger charge is -2.21. The molecule has 1 atom stereocenters. The summed E-state index contributed by atoms with van der Waals surface area (Å²) in [5.74, 6) is 1.45. The van der Waals surface area contributed by atoms with Crippen LogP contribution >= 0.6 is 23.4 Å². The van der Waals surface area contributed by atoms with Crippen molar-refractivity contribution in [1.29, 1.82) is 0 Å². The Labute approximate surface area is 200 Å². The predicted molar refractivity (Wildman–Crippen MR) is 132 cm³/mol. The van der Waals surface area contributed by atoms with Crippen LogP contribution in [0.2, 0.25) is 5.02 Å². The molecule has 0 saturated carbocycles. The molecule has 3 aromatic rings. The number of hydrogen-bond acceptors (Lipinski definition) is 4. The van der Waals surface area contributed by atoms with E-state index in [0.29, 0.717) is 17.3 Å². The van der Waals surface area contributed by atoms with Gasteiger partial charge in [-0.3, -0.25) is 9.36 Å². The van der Waals surface area contributed by atoms with E-state index >= 15 is 0 Å². The van der Waals surface area contributed by atoms with Gasteiger partial charge in [0.2, 0.25) is 5.91 Å². The fourth-order valence-corrected chi connectivity index (χ4v) is 4.55. The number of amides is 1. The molecule has 0 aliphatic heterocycles. The van der Waals surface area contributed by atoms with Gasteiger partial charge < -0.3 is 5.32 Å². The van der Waals surface area contributed by atoms with Gasteiger partial charge in [0.25, 0.3) is 0 Å². The van der Waals surface area contributed by atoms with Crippen LogP contribution in [0.5, 0.6) is 0 Å². The number of rotatable bonds is 7. The largest absolute Gasteiger partial charge is 0.346 e. The maximum Gasteiger partial charge on any atom is 0.221 e. The Morgan fingerprint density at radius 1 is 1.16 bits per heavy atom. The number of thioether (sulfide) groups is 1. The molecule has 0 aliphatic rings. The number of carbonyl (C=O) groups excluding carboxylic acids is 1. The Balaban J connectivity index is 1.94. The molecular formula is C25H31ClN4OS. The van der Waals surface area contributed by atoms with Gasteiger partial charge in [-0.05, 0) is 49.4 Å². The summed E-state index contributed by atoms with van der Waals surface area (Å²) in [7, 11) is 0. The van der Waals surface area contributed by atoms with E-state index in [9.17, 15) is 4.79 Å². The van der Waals surface area contributed by atoms with Gasteiger partial charge in [-0.15, -0.1) is 10.2 Å². The lowest BCUT2D eigenvalue weighted by atomic mass is 9.92. The van der Waals surface area contributed by atoms with Crippen molar-refractivity contribution in [3.8, 4) is 5.69 Å². The first-order chi connectivity index (χ1) is 15.0. The minimum absolute atomic E-state index is 0.00340. The molecule has 0 spiro atoms. The van der Waals surface area contributed by atoms with E-state index in [0.717, 1.165) is 22.2 Å². The quantitative estimate of drug-likeness (QED) is 0.403. The Hall–Kier alpha value is -2.31. The van der Waals surface area contributed by atoms with Crippen LogP contribution in [0.1, 0.15) is 62.7 Å². The van der Waals surface area contributed by atoms with Crippen molar-refractivity contribution < 1.29 is 4.79 Å². The zero-order valence-electron chi connectivity index (χ0n) is 19.6. The number of aromatic nitrogens is 3. The number of nitrogens with zero attached hydrogens (tertiary/aromatic N) is 3. The molecule has 1 aromatic heterocycles. The van der Waals surface area contributed by atoms with Crippen molar-refractivity contribution in [2.75, 3.05) is 0 Å². The zero-order chi connectivity index (χ0) is 23.5. The van der Waals surface area contributed by atoms with E-state index in [1.165, 1.54) is 11.1 Å². The van der Waals surface area contributed by atoms with Crippen molar-refractivity contribution >= 4 is 29.3 Å². The lowest BCUT2D eigenvalue weighted by molar-refractivity contribution is -0.123. The number of hydrogen-bond donors (Lipinski definition) is 1. The fraction of sp³-hybridized carbons (Fsp3) is 0.400. The van der Waals surface area contributed by atoms with Gasteiger partial charge >= 0.3 is 0 Å². The highest BCUT2D eigenvalue weighted by Gasteiger charge is 2.24. The van der Waals surface area contributed by atoms with E-state index in [1.54, 1.807) is 11.8 Å². The first-order valence-corrected chi connectivity index (χ1v) is 12.1. The number of aryl methyl sites for hydroxylation is 2. The monoisotopic (exact) mass is 470 g/mol. The Morgan fingerprint density at radius 3 is 2.59 bits per heavy atom. The van der Waals surface area contributed by atoms with Crippen molar-refractivity contribution in [3.05, 3.63) is 70.0 Å². The second-order valence-electron chi connectivity index (χ2n) is 9.41. The van der Waals surface area contributed by atoms with Crippen LogP contribution in [0.4, 0.5) is 0 Å². The van der Waals surface area contributed by atoms with Crippen molar-refractivity contribution in [2.45, 2.75) is 64.9 Å². The topological polar surface area (TPSA) is 59.8 Å². The number of halogens is 1. The molecule has 0 fully saturated rings. The fourth-order valence-electron chi connectivity index (χ4n) is 3.49. The van der Waals surface area contributed by atoms with Crippen LogP contribution in [0.15, 0.2) is 47.6 Å². The third-order valence-electron chi connectivity index (χ3n) is 4.98. The molecule has 0 radical (unpaired) electrons. The average Bonchev–Trinajstić information content (AvgIpc) is 3.10. The zero-order valence-corrected chi connectivity index (χ0v) is 21.1. The molecule has 32 heavy (non-hydrogen) atoms. The molecule has 1 amide bonds. The van der Waals surface area contributed by atoms with Gasteiger partial charge in [-0.2, -0.15) is 0 Å². The molecule has 170 valence electrons. The van der Waals surface area contributed by atoms with Gasteiger partial charge in [0.1, 0.15) is 0 Å². The summed E-state index contributed by atoms with van der Waals surface area (Å²) in [4.78, 5) is 12.6. The standard InChI is InChI=1S/C25H31ClN4OS/c1-16-8-7-9-19(12-16)15-32-24-29-28-23(18(3)27-22(31)14-25(4,5)6)30(24)21-13-20(26)11-10-17(21)2/h7-13,18H,14-15H2,1-6H3,(H,27,31).